The van der Waals surface area contributed by atoms with Crippen molar-refractivity contribution in [3.8, 4) is 11.4 Å². The average Bonchev–Trinajstić information content (AvgIpc) is 3.13. The van der Waals surface area contributed by atoms with Crippen LogP contribution >= 0.6 is 11.8 Å². The summed E-state index contributed by atoms with van der Waals surface area (Å²) in [5, 5.41) is 19.5. The minimum absolute atomic E-state index is 0.0361. The highest BCUT2D eigenvalue weighted by molar-refractivity contribution is 7.99. The summed E-state index contributed by atoms with van der Waals surface area (Å²) in [4.78, 5) is 10.4. The molecule has 136 valence electrons. The molecule has 0 saturated heterocycles. The van der Waals surface area contributed by atoms with Gasteiger partial charge in [-0.25, -0.2) is 0 Å². The summed E-state index contributed by atoms with van der Waals surface area (Å²) in [7, 11) is 1.65. The lowest BCUT2D eigenvalue weighted by atomic mass is 10.2. The van der Waals surface area contributed by atoms with E-state index in [0.29, 0.717) is 28.4 Å². The highest BCUT2D eigenvalue weighted by Crippen LogP contribution is 2.39. The predicted octanol–water partition coefficient (Wildman–Crippen LogP) is 4.46. The molecule has 0 unspecified atom stereocenters. The van der Waals surface area contributed by atoms with Crippen LogP contribution in [0.15, 0.2) is 45.0 Å². The van der Waals surface area contributed by atoms with Gasteiger partial charge in [-0.1, -0.05) is 0 Å². The van der Waals surface area contributed by atoms with E-state index in [-0.39, 0.29) is 4.90 Å². The first-order valence-electron chi connectivity index (χ1n) is 7.16. The van der Waals surface area contributed by atoms with E-state index in [9.17, 15) is 23.3 Å². The summed E-state index contributed by atoms with van der Waals surface area (Å²) < 4.78 is 45.2. The van der Waals surface area contributed by atoms with E-state index in [0.717, 1.165) is 23.9 Å². The molecule has 2 heterocycles. The number of benzene rings is 1. The largest absolute Gasteiger partial charge is 0.469 e. The number of hydrogen-bond donors (Lipinski definition) is 0. The molecule has 0 radical (unpaired) electrons. The van der Waals surface area contributed by atoms with Crippen molar-refractivity contribution in [2.24, 2.45) is 7.05 Å². The lowest BCUT2D eigenvalue weighted by Gasteiger charge is -2.08. The maximum atomic E-state index is 12.8. The van der Waals surface area contributed by atoms with Gasteiger partial charge in [-0.3, -0.25) is 10.1 Å². The van der Waals surface area contributed by atoms with Crippen LogP contribution in [0.25, 0.3) is 11.4 Å². The van der Waals surface area contributed by atoms with Crippen molar-refractivity contribution in [2.45, 2.75) is 23.2 Å². The SMILES string of the molecule is Cc1occc1-c1nnc(Sc2ccc(C(F)(F)F)cc2[N+](=O)[O-])n1C. The van der Waals surface area contributed by atoms with Gasteiger partial charge in [0, 0.05) is 13.1 Å². The van der Waals surface area contributed by atoms with Crippen molar-refractivity contribution < 1.29 is 22.5 Å². The molecule has 11 heteroatoms. The van der Waals surface area contributed by atoms with E-state index in [4.69, 9.17) is 4.42 Å². The van der Waals surface area contributed by atoms with Gasteiger partial charge in [0.25, 0.3) is 5.69 Å². The number of nitrogens with zero attached hydrogens (tertiary/aromatic N) is 4. The number of aryl methyl sites for hydroxylation is 1. The molecular formula is C15H11F3N4O3S. The number of aromatic nitrogens is 3. The molecule has 3 rings (SSSR count). The third-order valence-corrected chi connectivity index (χ3v) is 4.72. The molecule has 1 aromatic carbocycles. The quantitative estimate of drug-likeness (QED) is 0.487. The predicted molar refractivity (Wildman–Crippen MR) is 85.7 cm³/mol. The fraction of sp³-hybridized carbons (Fsp3) is 0.200. The zero-order valence-corrected chi connectivity index (χ0v) is 14.3. The summed E-state index contributed by atoms with van der Waals surface area (Å²) in [6.45, 7) is 1.75. The molecule has 2 aromatic heterocycles. The number of nitro benzene ring substituents is 1. The third kappa shape index (κ3) is 3.29. The molecular weight excluding hydrogens is 373 g/mol. The Bertz CT molecular complexity index is 981. The van der Waals surface area contributed by atoms with Gasteiger partial charge in [0.2, 0.25) is 0 Å². The summed E-state index contributed by atoms with van der Waals surface area (Å²) >= 11 is 0.862. The fourth-order valence-electron chi connectivity index (χ4n) is 2.28. The molecule has 0 aliphatic heterocycles. The lowest BCUT2D eigenvalue weighted by molar-refractivity contribution is -0.388. The summed E-state index contributed by atoms with van der Waals surface area (Å²) in [5.74, 6) is 1.10. The normalized spacial score (nSPS) is 11.7. The van der Waals surface area contributed by atoms with E-state index < -0.39 is 22.4 Å². The van der Waals surface area contributed by atoms with Crippen molar-refractivity contribution in [1.82, 2.24) is 14.8 Å². The molecule has 26 heavy (non-hydrogen) atoms. The highest BCUT2D eigenvalue weighted by Gasteiger charge is 2.33. The van der Waals surface area contributed by atoms with Gasteiger partial charge >= 0.3 is 6.18 Å². The van der Waals surface area contributed by atoms with E-state index >= 15 is 0 Å². The minimum Gasteiger partial charge on any atom is -0.469 e. The van der Waals surface area contributed by atoms with Gasteiger partial charge in [-0.2, -0.15) is 13.2 Å². The number of hydrogen-bond acceptors (Lipinski definition) is 6. The Kier molecular flexibility index (Phi) is 4.48. The number of alkyl halides is 3. The van der Waals surface area contributed by atoms with Crippen molar-refractivity contribution in [3.63, 3.8) is 0 Å². The molecule has 3 aromatic rings. The van der Waals surface area contributed by atoms with Crippen LogP contribution in [0.1, 0.15) is 11.3 Å². The van der Waals surface area contributed by atoms with Gasteiger partial charge < -0.3 is 8.98 Å². The highest BCUT2D eigenvalue weighted by atomic mass is 32.2. The number of furan rings is 1. The molecule has 7 nitrogen and oxygen atoms in total. The van der Waals surface area contributed by atoms with Gasteiger partial charge in [0.15, 0.2) is 11.0 Å². The van der Waals surface area contributed by atoms with Gasteiger partial charge in [0.05, 0.1) is 27.2 Å². The van der Waals surface area contributed by atoms with Crippen LogP contribution in [0.5, 0.6) is 0 Å². The van der Waals surface area contributed by atoms with Crippen molar-refractivity contribution in [1.29, 1.82) is 0 Å². The summed E-state index contributed by atoms with van der Waals surface area (Å²) in [6.07, 6.45) is -3.17. The first-order chi connectivity index (χ1) is 12.2. The Morgan fingerprint density at radius 2 is 2.00 bits per heavy atom. The maximum absolute atomic E-state index is 12.8. The average molecular weight is 384 g/mol. The summed E-state index contributed by atoms with van der Waals surface area (Å²) in [5.41, 5.74) is -1.02. The summed E-state index contributed by atoms with van der Waals surface area (Å²) in [6, 6.07) is 4.07. The molecule has 0 atom stereocenters. The molecule has 0 aliphatic rings. The van der Waals surface area contributed by atoms with Crippen LogP contribution in [0.4, 0.5) is 18.9 Å². The van der Waals surface area contributed by atoms with Crippen molar-refractivity contribution in [3.05, 3.63) is 52.0 Å². The number of halogens is 3. The smallest absolute Gasteiger partial charge is 0.416 e. The van der Waals surface area contributed by atoms with Crippen LogP contribution in [0.2, 0.25) is 0 Å². The lowest BCUT2D eigenvalue weighted by Crippen LogP contribution is -2.06. The zero-order chi connectivity index (χ0) is 19.1. The van der Waals surface area contributed by atoms with E-state index in [2.05, 4.69) is 10.2 Å². The van der Waals surface area contributed by atoms with Gasteiger partial charge in [-0.15, -0.1) is 10.2 Å². The van der Waals surface area contributed by atoms with Crippen molar-refractivity contribution >= 4 is 17.4 Å². The zero-order valence-electron chi connectivity index (χ0n) is 13.4. The first kappa shape index (κ1) is 18.0. The standard InChI is InChI=1S/C15H11F3N4O3S/c1-8-10(5-6-25-8)13-19-20-14(21(13)2)26-12-4-3-9(15(16,17)18)7-11(12)22(23)24/h3-7H,1-2H3. The van der Waals surface area contributed by atoms with Crippen molar-refractivity contribution in [2.75, 3.05) is 0 Å². The Hall–Kier alpha value is -2.82. The monoisotopic (exact) mass is 384 g/mol. The molecule has 0 fully saturated rings. The second-order valence-corrected chi connectivity index (χ2v) is 6.30. The molecule has 0 amide bonds. The maximum Gasteiger partial charge on any atom is 0.416 e. The van der Waals surface area contributed by atoms with Crippen LogP contribution in [0, 0.1) is 17.0 Å². The van der Waals surface area contributed by atoms with Gasteiger partial charge in [0.1, 0.15) is 5.76 Å². The Labute approximate surface area is 149 Å². The third-order valence-electron chi connectivity index (χ3n) is 3.62. The van der Waals surface area contributed by atoms with Crippen LogP contribution in [-0.4, -0.2) is 19.7 Å². The fourth-order valence-corrected chi connectivity index (χ4v) is 3.15. The molecule has 0 N–H and O–H groups in total. The van der Waals surface area contributed by atoms with E-state index in [1.54, 1.807) is 24.6 Å². The second kappa shape index (κ2) is 6.48. The Morgan fingerprint density at radius 3 is 2.58 bits per heavy atom. The van der Waals surface area contributed by atoms with Crippen LogP contribution < -0.4 is 0 Å². The molecule has 0 bridgehead atoms. The molecule has 0 spiro atoms. The first-order valence-corrected chi connectivity index (χ1v) is 7.97. The van der Waals surface area contributed by atoms with Crippen LogP contribution in [-0.2, 0) is 13.2 Å². The Balaban J connectivity index is 1.98. The molecule has 0 aliphatic carbocycles. The second-order valence-electron chi connectivity index (χ2n) is 5.30. The van der Waals surface area contributed by atoms with Gasteiger partial charge in [-0.05, 0) is 36.9 Å². The van der Waals surface area contributed by atoms with E-state index in [1.807, 2.05) is 0 Å². The topological polar surface area (TPSA) is 87.0 Å². The number of rotatable bonds is 4. The molecule has 0 saturated carbocycles. The van der Waals surface area contributed by atoms with Crippen LogP contribution in [0.3, 0.4) is 0 Å². The minimum atomic E-state index is -4.66. The Morgan fingerprint density at radius 1 is 1.27 bits per heavy atom. The number of nitro groups is 1. The van der Waals surface area contributed by atoms with E-state index in [1.165, 1.54) is 6.26 Å².